The topological polar surface area (TPSA) is 84.3 Å². The third-order valence-electron chi connectivity index (χ3n) is 5.02. The third kappa shape index (κ3) is 8.14. The van der Waals surface area contributed by atoms with Crippen molar-refractivity contribution >= 4 is 18.5 Å². The molecule has 0 saturated heterocycles. The molecule has 7 heteroatoms. The Morgan fingerprint density at radius 2 is 0.972 bits per heavy atom. The summed E-state index contributed by atoms with van der Waals surface area (Å²) in [6, 6.07) is 34.2. The van der Waals surface area contributed by atoms with E-state index >= 15 is 0 Å². The van der Waals surface area contributed by atoms with Crippen LogP contribution in [0.4, 0.5) is 4.79 Å². The molecule has 180 valence electrons. The van der Waals surface area contributed by atoms with Gasteiger partial charge in [-0.15, -0.1) is 0 Å². The van der Waals surface area contributed by atoms with Crippen LogP contribution in [0.2, 0.25) is 0 Å². The van der Waals surface area contributed by atoms with E-state index in [-0.39, 0.29) is 0 Å². The zero-order valence-electron chi connectivity index (χ0n) is 19.6. The van der Waals surface area contributed by atoms with Gasteiger partial charge in [-0.1, -0.05) is 60.7 Å². The molecule has 0 aliphatic rings. The molecular formula is C29H26N4O3. The van der Waals surface area contributed by atoms with Crippen molar-refractivity contribution in [2.45, 2.75) is 13.2 Å². The van der Waals surface area contributed by atoms with Crippen molar-refractivity contribution in [3.8, 4) is 11.5 Å². The lowest BCUT2D eigenvalue weighted by atomic mass is 10.2. The normalized spacial score (nSPS) is 10.9. The molecule has 2 amide bonds. The highest BCUT2D eigenvalue weighted by Gasteiger charge is 1.99. The molecule has 2 N–H and O–H groups in total. The molecule has 4 aromatic rings. The second-order valence-electron chi connectivity index (χ2n) is 7.76. The van der Waals surface area contributed by atoms with Crippen LogP contribution in [-0.4, -0.2) is 18.5 Å². The number of hydrogen-bond acceptors (Lipinski definition) is 5. The fourth-order valence-electron chi connectivity index (χ4n) is 3.14. The first-order valence-corrected chi connectivity index (χ1v) is 11.4. The molecule has 0 aliphatic carbocycles. The quantitative estimate of drug-likeness (QED) is 0.233. The molecule has 0 heterocycles. The number of urea groups is 1. The van der Waals surface area contributed by atoms with Crippen LogP contribution in [0.25, 0.3) is 0 Å². The molecule has 0 aromatic heterocycles. The van der Waals surface area contributed by atoms with Gasteiger partial charge in [-0.25, -0.2) is 15.6 Å². The number of nitrogens with one attached hydrogen (secondary N) is 2. The van der Waals surface area contributed by atoms with Gasteiger partial charge in [0, 0.05) is 0 Å². The van der Waals surface area contributed by atoms with Crippen molar-refractivity contribution in [3.63, 3.8) is 0 Å². The fraction of sp³-hybridized carbons (Fsp3) is 0.0690. The molecule has 0 saturated carbocycles. The number of carbonyl (C=O) groups is 1. The zero-order valence-corrected chi connectivity index (χ0v) is 19.6. The summed E-state index contributed by atoms with van der Waals surface area (Å²) in [6.07, 6.45) is 3.08. The Labute approximate surface area is 210 Å². The maximum Gasteiger partial charge on any atom is 0.355 e. The van der Waals surface area contributed by atoms with Crippen molar-refractivity contribution < 1.29 is 14.3 Å². The van der Waals surface area contributed by atoms with E-state index in [1.165, 1.54) is 0 Å². The summed E-state index contributed by atoms with van der Waals surface area (Å²) in [5.41, 5.74) is 8.59. The van der Waals surface area contributed by atoms with E-state index < -0.39 is 6.03 Å². The number of hydrazone groups is 2. The fourth-order valence-corrected chi connectivity index (χ4v) is 3.14. The highest BCUT2D eigenvalue weighted by atomic mass is 16.5. The molecule has 4 rings (SSSR count). The van der Waals surface area contributed by atoms with Gasteiger partial charge in [0.05, 0.1) is 12.4 Å². The van der Waals surface area contributed by atoms with Gasteiger partial charge in [-0.3, -0.25) is 0 Å². The van der Waals surface area contributed by atoms with Crippen molar-refractivity contribution in [2.75, 3.05) is 0 Å². The number of ether oxygens (including phenoxy) is 2. The van der Waals surface area contributed by atoms with Gasteiger partial charge in [0.1, 0.15) is 24.7 Å². The molecule has 0 radical (unpaired) electrons. The van der Waals surface area contributed by atoms with Crippen LogP contribution in [0.5, 0.6) is 11.5 Å². The number of amides is 2. The van der Waals surface area contributed by atoms with E-state index in [2.05, 4.69) is 21.1 Å². The third-order valence-corrected chi connectivity index (χ3v) is 5.02. The van der Waals surface area contributed by atoms with Crippen LogP contribution in [-0.2, 0) is 13.2 Å². The van der Waals surface area contributed by atoms with Crippen LogP contribution in [0, 0.1) is 0 Å². The summed E-state index contributed by atoms with van der Waals surface area (Å²) in [4.78, 5) is 11.9. The minimum absolute atomic E-state index is 0.503. The Kier molecular flexibility index (Phi) is 8.81. The van der Waals surface area contributed by atoms with Crippen molar-refractivity contribution in [2.24, 2.45) is 10.2 Å². The van der Waals surface area contributed by atoms with Crippen molar-refractivity contribution in [1.82, 2.24) is 10.9 Å². The maximum absolute atomic E-state index is 11.9. The van der Waals surface area contributed by atoms with E-state index in [1.807, 2.05) is 109 Å². The number of benzene rings is 4. The first-order valence-electron chi connectivity index (χ1n) is 11.4. The number of carbonyl (C=O) groups excluding carboxylic acids is 1. The van der Waals surface area contributed by atoms with Gasteiger partial charge in [-0.05, 0) is 70.8 Å². The predicted molar refractivity (Wildman–Crippen MR) is 141 cm³/mol. The number of nitrogens with zero attached hydrogens (tertiary/aromatic N) is 2. The largest absolute Gasteiger partial charge is 0.489 e. The molecule has 0 spiro atoms. The Morgan fingerprint density at radius 3 is 1.36 bits per heavy atom. The van der Waals surface area contributed by atoms with Crippen LogP contribution in [0.1, 0.15) is 22.3 Å². The first kappa shape index (κ1) is 24.2. The lowest BCUT2D eigenvalue weighted by Gasteiger charge is -2.06. The molecule has 0 unspecified atom stereocenters. The van der Waals surface area contributed by atoms with Crippen LogP contribution in [0.3, 0.4) is 0 Å². The molecule has 0 bridgehead atoms. The molecule has 0 atom stereocenters. The van der Waals surface area contributed by atoms with Crippen molar-refractivity contribution in [1.29, 1.82) is 0 Å². The van der Waals surface area contributed by atoms with Gasteiger partial charge < -0.3 is 9.47 Å². The molecule has 0 aliphatic heterocycles. The van der Waals surface area contributed by atoms with Crippen LogP contribution in [0.15, 0.2) is 119 Å². The maximum atomic E-state index is 11.9. The first-order chi connectivity index (χ1) is 17.7. The monoisotopic (exact) mass is 478 g/mol. The summed E-state index contributed by atoms with van der Waals surface area (Å²) in [6.45, 7) is 1.01. The lowest BCUT2D eigenvalue weighted by Crippen LogP contribution is -2.28. The Morgan fingerprint density at radius 1 is 0.583 bits per heavy atom. The van der Waals surface area contributed by atoms with Crippen LogP contribution < -0.4 is 20.3 Å². The van der Waals surface area contributed by atoms with E-state index in [0.717, 1.165) is 33.8 Å². The van der Waals surface area contributed by atoms with Gasteiger partial charge >= 0.3 is 6.03 Å². The molecule has 4 aromatic carbocycles. The minimum atomic E-state index is -0.548. The van der Waals surface area contributed by atoms with Gasteiger partial charge in [0.15, 0.2) is 0 Å². The average Bonchev–Trinajstić information content (AvgIpc) is 2.93. The van der Waals surface area contributed by atoms with Crippen LogP contribution >= 0.6 is 0 Å². The zero-order chi connectivity index (χ0) is 24.8. The molecule has 7 nitrogen and oxygen atoms in total. The highest BCUT2D eigenvalue weighted by Crippen LogP contribution is 2.14. The lowest BCUT2D eigenvalue weighted by molar-refractivity contribution is 0.242. The summed E-state index contributed by atoms with van der Waals surface area (Å²) in [7, 11) is 0. The minimum Gasteiger partial charge on any atom is -0.489 e. The number of rotatable bonds is 10. The predicted octanol–water partition coefficient (Wildman–Crippen LogP) is 5.51. The van der Waals surface area contributed by atoms with E-state index in [1.54, 1.807) is 12.4 Å². The Hall–Kier alpha value is -4.91. The Bertz CT molecular complexity index is 1170. The second-order valence-corrected chi connectivity index (χ2v) is 7.76. The molecule has 36 heavy (non-hydrogen) atoms. The Balaban J connectivity index is 1.16. The summed E-state index contributed by atoms with van der Waals surface area (Å²) >= 11 is 0. The standard InChI is InChI=1S/C29H26N4O3/c34-29(32-30-19-23-11-15-27(16-12-23)35-21-25-7-3-1-4-8-25)33-31-20-24-13-17-28(18-14-24)36-22-26-9-5-2-6-10-26/h1-20H,21-22H2,(H2,32,33,34)/b30-19+,31-20+. The van der Waals surface area contributed by atoms with Gasteiger partial charge in [-0.2, -0.15) is 10.2 Å². The smallest absolute Gasteiger partial charge is 0.355 e. The van der Waals surface area contributed by atoms with E-state index in [0.29, 0.717) is 13.2 Å². The van der Waals surface area contributed by atoms with Gasteiger partial charge in [0.25, 0.3) is 0 Å². The average molecular weight is 479 g/mol. The summed E-state index contributed by atoms with van der Waals surface area (Å²) < 4.78 is 11.5. The summed E-state index contributed by atoms with van der Waals surface area (Å²) in [5.74, 6) is 1.51. The van der Waals surface area contributed by atoms with E-state index in [9.17, 15) is 4.79 Å². The SMILES string of the molecule is O=C(N/N=C/c1ccc(OCc2ccccc2)cc1)N/N=C/c1ccc(OCc2ccccc2)cc1. The van der Waals surface area contributed by atoms with Crippen molar-refractivity contribution in [3.05, 3.63) is 131 Å². The molecular weight excluding hydrogens is 452 g/mol. The number of hydrogen-bond donors (Lipinski definition) is 2. The van der Waals surface area contributed by atoms with E-state index in [4.69, 9.17) is 9.47 Å². The summed E-state index contributed by atoms with van der Waals surface area (Å²) in [5, 5.41) is 7.86. The molecule has 0 fully saturated rings. The van der Waals surface area contributed by atoms with Gasteiger partial charge in [0.2, 0.25) is 0 Å². The highest BCUT2D eigenvalue weighted by molar-refractivity contribution is 5.83. The second kappa shape index (κ2) is 13.1.